The monoisotopic (exact) mass is 288 g/mol. The van der Waals surface area contributed by atoms with Gasteiger partial charge in [0.05, 0.1) is 6.42 Å². The number of rotatable bonds is 6. The molecule has 1 aliphatic carbocycles. The van der Waals surface area contributed by atoms with Gasteiger partial charge in [-0.15, -0.1) is 0 Å². The molecule has 4 nitrogen and oxygen atoms in total. The fourth-order valence-corrected chi connectivity index (χ4v) is 3.02. The molecule has 2 fully saturated rings. The molecule has 4 heteroatoms. The van der Waals surface area contributed by atoms with Crippen molar-refractivity contribution in [3.8, 4) is 5.75 Å². The van der Waals surface area contributed by atoms with Crippen LogP contribution in [0.2, 0.25) is 0 Å². The number of nitrogens with one attached hydrogen (secondary N) is 1. The van der Waals surface area contributed by atoms with E-state index in [1.165, 1.54) is 25.7 Å². The molecule has 1 heterocycles. The molecule has 1 atom stereocenters. The maximum Gasteiger partial charge on any atom is 0.227 e. The highest BCUT2D eigenvalue weighted by Gasteiger charge is 2.28. The highest BCUT2D eigenvalue weighted by molar-refractivity contribution is 5.79. The molecule has 21 heavy (non-hydrogen) atoms. The van der Waals surface area contributed by atoms with Crippen LogP contribution in [0.15, 0.2) is 24.3 Å². The zero-order valence-corrected chi connectivity index (χ0v) is 12.4. The van der Waals surface area contributed by atoms with E-state index < -0.39 is 0 Å². The van der Waals surface area contributed by atoms with Gasteiger partial charge in [-0.25, -0.2) is 0 Å². The third kappa shape index (κ3) is 4.21. The number of carbonyl (C=O) groups is 1. The van der Waals surface area contributed by atoms with Crippen molar-refractivity contribution in [1.29, 1.82) is 0 Å². The second-order valence-electron chi connectivity index (χ2n) is 6.38. The molecule has 1 aliphatic heterocycles. The van der Waals surface area contributed by atoms with Crippen molar-refractivity contribution in [3.63, 3.8) is 0 Å². The van der Waals surface area contributed by atoms with Crippen molar-refractivity contribution in [2.75, 3.05) is 19.6 Å². The van der Waals surface area contributed by atoms with Crippen molar-refractivity contribution in [1.82, 2.24) is 10.2 Å². The molecule has 2 N–H and O–H groups in total. The lowest BCUT2D eigenvalue weighted by molar-refractivity contribution is -0.131. The molecule has 3 rings (SSSR count). The summed E-state index contributed by atoms with van der Waals surface area (Å²) in [6.45, 7) is 2.80. The Labute approximate surface area is 126 Å². The second kappa shape index (κ2) is 6.48. The predicted molar refractivity (Wildman–Crippen MR) is 82.1 cm³/mol. The fraction of sp³-hybridized carbons (Fsp3) is 0.588. The Morgan fingerprint density at radius 1 is 1.29 bits per heavy atom. The standard InChI is InChI=1S/C17H24N2O2/c20-16-5-1-3-14(9-16)10-17(21)19(11-13-6-7-13)12-15-4-2-8-18-15/h1,3,5,9,13,15,18,20H,2,4,6-8,10-12H2. The quantitative estimate of drug-likeness (QED) is 0.841. The van der Waals surface area contributed by atoms with E-state index in [1.54, 1.807) is 18.2 Å². The summed E-state index contributed by atoms with van der Waals surface area (Å²) in [5.41, 5.74) is 0.889. The largest absolute Gasteiger partial charge is 0.508 e. The minimum absolute atomic E-state index is 0.182. The van der Waals surface area contributed by atoms with Crippen LogP contribution in [0.4, 0.5) is 0 Å². The molecule has 1 aromatic carbocycles. The summed E-state index contributed by atoms with van der Waals surface area (Å²) < 4.78 is 0. The number of hydrogen-bond donors (Lipinski definition) is 2. The molecule has 1 aromatic rings. The minimum Gasteiger partial charge on any atom is -0.508 e. The first-order valence-electron chi connectivity index (χ1n) is 8.00. The van der Waals surface area contributed by atoms with Crippen molar-refractivity contribution in [2.24, 2.45) is 5.92 Å². The van der Waals surface area contributed by atoms with Crippen molar-refractivity contribution in [3.05, 3.63) is 29.8 Å². The van der Waals surface area contributed by atoms with Gasteiger partial charge in [-0.1, -0.05) is 12.1 Å². The Balaban J connectivity index is 1.61. The molecule has 1 saturated carbocycles. The van der Waals surface area contributed by atoms with Crippen LogP contribution in [0.1, 0.15) is 31.2 Å². The third-order valence-corrected chi connectivity index (χ3v) is 4.40. The lowest BCUT2D eigenvalue weighted by atomic mass is 10.1. The molecule has 1 saturated heterocycles. The number of carbonyl (C=O) groups excluding carboxylic acids is 1. The number of amides is 1. The number of aromatic hydroxyl groups is 1. The van der Waals surface area contributed by atoms with E-state index in [9.17, 15) is 9.90 Å². The van der Waals surface area contributed by atoms with Crippen LogP contribution in [0, 0.1) is 5.92 Å². The summed E-state index contributed by atoms with van der Waals surface area (Å²) in [7, 11) is 0. The van der Waals surface area contributed by atoms with Crippen LogP contribution >= 0.6 is 0 Å². The van der Waals surface area contributed by atoms with Crippen LogP contribution in [-0.4, -0.2) is 41.6 Å². The average molecular weight is 288 g/mol. The molecular formula is C17H24N2O2. The van der Waals surface area contributed by atoms with E-state index in [-0.39, 0.29) is 11.7 Å². The van der Waals surface area contributed by atoms with E-state index in [0.29, 0.717) is 18.4 Å². The van der Waals surface area contributed by atoms with Crippen LogP contribution in [0.3, 0.4) is 0 Å². The summed E-state index contributed by atoms with van der Waals surface area (Å²) in [6, 6.07) is 7.47. The Hall–Kier alpha value is -1.55. The first kappa shape index (κ1) is 14.4. The van der Waals surface area contributed by atoms with Gasteiger partial charge < -0.3 is 15.3 Å². The van der Waals surface area contributed by atoms with Crippen LogP contribution in [-0.2, 0) is 11.2 Å². The fourth-order valence-electron chi connectivity index (χ4n) is 3.02. The van der Waals surface area contributed by atoms with Crippen molar-refractivity contribution < 1.29 is 9.90 Å². The maximum absolute atomic E-state index is 12.6. The normalized spacial score (nSPS) is 21.4. The smallest absolute Gasteiger partial charge is 0.227 e. The minimum atomic E-state index is 0.182. The SMILES string of the molecule is O=C(Cc1cccc(O)c1)N(CC1CC1)CC1CCCN1. The first-order valence-corrected chi connectivity index (χ1v) is 8.00. The lowest BCUT2D eigenvalue weighted by Crippen LogP contribution is -2.42. The first-order chi connectivity index (χ1) is 10.2. The summed E-state index contributed by atoms with van der Waals surface area (Å²) in [5, 5.41) is 13.0. The number of hydrogen-bond acceptors (Lipinski definition) is 3. The molecule has 1 unspecified atom stereocenters. The Bertz CT molecular complexity index is 493. The molecule has 114 valence electrons. The van der Waals surface area contributed by atoms with E-state index in [2.05, 4.69) is 5.32 Å². The molecular weight excluding hydrogens is 264 g/mol. The lowest BCUT2D eigenvalue weighted by Gasteiger charge is -2.26. The average Bonchev–Trinajstić information content (AvgIpc) is 3.12. The highest BCUT2D eigenvalue weighted by atomic mass is 16.3. The summed E-state index contributed by atoms with van der Waals surface area (Å²) in [5.74, 6) is 1.12. The Morgan fingerprint density at radius 2 is 2.14 bits per heavy atom. The second-order valence-corrected chi connectivity index (χ2v) is 6.38. The van der Waals surface area contributed by atoms with Gasteiger partial charge in [-0.3, -0.25) is 4.79 Å². The topological polar surface area (TPSA) is 52.6 Å². The third-order valence-electron chi connectivity index (χ3n) is 4.40. The number of nitrogens with zero attached hydrogens (tertiary/aromatic N) is 1. The molecule has 2 aliphatic rings. The molecule has 0 spiro atoms. The van der Waals surface area contributed by atoms with Gasteiger partial charge in [-0.2, -0.15) is 0 Å². The molecule has 0 aromatic heterocycles. The van der Waals surface area contributed by atoms with E-state index in [0.717, 1.165) is 25.2 Å². The Morgan fingerprint density at radius 3 is 2.81 bits per heavy atom. The van der Waals surface area contributed by atoms with E-state index in [1.807, 2.05) is 11.0 Å². The van der Waals surface area contributed by atoms with Crippen molar-refractivity contribution >= 4 is 5.91 Å². The van der Waals surface area contributed by atoms with Crippen LogP contribution < -0.4 is 5.32 Å². The van der Waals surface area contributed by atoms with Crippen LogP contribution in [0.25, 0.3) is 0 Å². The Kier molecular flexibility index (Phi) is 4.44. The van der Waals surface area contributed by atoms with Crippen LogP contribution in [0.5, 0.6) is 5.75 Å². The zero-order chi connectivity index (χ0) is 14.7. The molecule has 1 amide bonds. The number of benzene rings is 1. The van der Waals surface area contributed by atoms with Gasteiger partial charge in [0.15, 0.2) is 0 Å². The van der Waals surface area contributed by atoms with Gasteiger partial charge in [-0.05, 0) is 55.8 Å². The predicted octanol–water partition coefficient (Wildman–Crippen LogP) is 1.93. The summed E-state index contributed by atoms with van der Waals surface area (Å²) in [4.78, 5) is 14.6. The van der Waals surface area contributed by atoms with Crippen molar-refractivity contribution in [2.45, 2.75) is 38.1 Å². The van der Waals surface area contributed by atoms with Gasteiger partial charge >= 0.3 is 0 Å². The summed E-state index contributed by atoms with van der Waals surface area (Å²) in [6.07, 6.45) is 5.28. The summed E-state index contributed by atoms with van der Waals surface area (Å²) >= 11 is 0. The number of phenolic OH excluding ortho intramolecular Hbond substituents is 1. The van der Waals surface area contributed by atoms with E-state index >= 15 is 0 Å². The van der Waals surface area contributed by atoms with Gasteiger partial charge in [0.25, 0.3) is 0 Å². The number of phenols is 1. The maximum atomic E-state index is 12.6. The van der Waals surface area contributed by atoms with Gasteiger partial charge in [0.1, 0.15) is 5.75 Å². The highest BCUT2D eigenvalue weighted by Crippen LogP contribution is 2.30. The molecule has 0 bridgehead atoms. The van der Waals surface area contributed by atoms with E-state index in [4.69, 9.17) is 0 Å². The zero-order valence-electron chi connectivity index (χ0n) is 12.4. The van der Waals surface area contributed by atoms with Gasteiger partial charge in [0.2, 0.25) is 5.91 Å². The molecule has 0 radical (unpaired) electrons. The van der Waals surface area contributed by atoms with Gasteiger partial charge in [0, 0.05) is 19.1 Å².